The van der Waals surface area contributed by atoms with Crippen molar-refractivity contribution in [1.82, 2.24) is 9.21 Å². The van der Waals surface area contributed by atoms with Crippen molar-refractivity contribution < 1.29 is 22.0 Å². The maximum Gasteiger partial charge on any atom is 0.200 e. The summed E-state index contributed by atoms with van der Waals surface area (Å²) in [4.78, 5) is 1.29. The molecule has 0 amide bonds. The third-order valence-corrected chi connectivity index (χ3v) is 7.07. The van der Waals surface area contributed by atoms with E-state index in [-0.39, 0.29) is 6.04 Å². The van der Waals surface area contributed by atoms with Gasteiger partial charge >= 0.3 is 0 Å². The lowest BCUT2D eigenvalue weighted by atomic mass is 9.96. The van der Waals surface area contributed by atoms with Crippen LogP contribution in [0.15, 0.2) is 53.4 Å². The lowest BCUT2D eigenvalue weighted by molar-refractivity contribution is 0.161. The summed E-state index contributed by atoms with van der Waals surface area (Å²) in [5, 5.41) is 1.22. The number of hydrogen-bond acceptors (Lipinski definition) is 3. The van der Waals surface area contributed by atoms with E-state index in [4.69, 9.17) is 23.2 Å². The van der Waals surface area contributed by atoms with E-state index in [0.29, 0.717) is 48.2 Å². The van der Waals surface area contributed by atoms with Gasteiger partial charge in [0, 0.05) is 36.2 Å². The van der Waals surface area contributed by atoms with Crippen LogP contribution in [0, 0.1) is 29.1 Å². The van der Waals surface area contributed by atoms with Gasteiger partial charge in [-0.05, 0) is 47.3 Å². The molecule has 0 saturated carbocycles. The topological polar surface area (TPSA) is 6.48 Å². The third kappa shape index (κ3) is 5.15. The fourth-order valence-corrected chi connectivity index (χ4v) is 4.95. The Bertz CT molecular complexity index is 1060. The van der Waals surface area contributed by atoms with Gasteiger partial charge in [0.1, 0.15) is 4.90 Å². The van der Waals surface area contributed by atoms with Crippen molar-refractivity contribution in [1.29, 1.82) is 0 Å². The molecule has 174 valence electrons. The number of hydrogen-bond donors (Lipinski definition) is 0. The SMILES string of the molecule is Fc1c(F)c(F)c(SN2CCN(C(c3ccc(Cl)cc3)c3ccc(Cl)cc3)CC2)c(F)c1F. The third-order valence-electron chi connectivity index (χ3n) is 5.40. The van der Waals surface area contributed by atoms with Gasteiger partial charge in [-0.25, -0.2) is 26.3 Å². The zero-order valence-electron chi connectivity index (χ0n) is 17.0. The molecule has 1 aliphatic rings. The minimum atomic E-state index is -2.16. The summed E-state index contributed by atoms with van der Waals surface area (Å²) in [6.45, 7) is 1.69. The van der Waals surface area contributed by atoms with Gasteiger partial charge in [-0.3, -0.25) is 4.90 Å². The molecule has 0 bridgehead atoms. The van der Waals surface area contributed by atoms with Crippen LogP contribution in [-0.2, 0) is 0 Å². The smallest absolute Gasteiger partial charge is 0.200 e. The average Bonchev–Trinajstić information content (AvgIpc) is 2.83. The molecule has 4 rings (SSSR count). The second kappa shape index (κ2) is 10.2. The molecule has 2 nitrogen and oxygen atoms in total. The molecular formula is C23H17Cl2F5N2S. The largest absolute Gasteiger partial charge is 0.290 e. The van der Waals surface area contributed by atoms with E-state index in [1.807, 2.05) is 24.3 Å². The van der Waals surface area contributed by atoms with Crippen LogP contribution in [0.1, 0.15) is 17.2 Å². The maximum absolute atomic E-state index is 14.1. The van der Waals surface area contributed by atoms with Crippen molar-refractivity contribution in [3.63, 3.8) is 0 Å². The zero-order chi connectivity index (χ0) is 23.7. The normalized spacial score (nSPS) is 15.4. The molecular weight excluding hydrogens is 502 g/mol. The molecule has 10 heteroatoms. The molecule has 0 spiro atoms. The summed E-state index contributed by atoms with van der Waals surface area (Å²) >= 11 is 12.6. The van der Waals surface area contributed by atoms with Crippen molar-refractivity contribution >= 4 is 35.1 Å². The first-order chi connectivity index (χ1) is 15.8. The molecule has 1 aliphatic heterocycles. The summed E-state index contributed by atoms with van der Waals surface area (Å²) in [7, 11) is 0. The standard InChI is InChI=1S/C23H17Cl2F5N2S/c24-15-5-1-13(2-6-15)22(14-3-7-16(25)8-4-14)31-9-11-32(12-10-31)33-23-20(29)18(27)17(26)19(28)21(23)30/h1-8,22H,9-12H2. The number of rotatable bonds is 5. The van der Waals surface area contributed by atoms with E-state index in [0.717, 1.165) is 11.1 Å². The van der Waals surface area contributed by atoms with Gasteiger partial charge in [0.2, 0.25) is 5.82 Å². The van der Waals surface area contributed by atoms with Gasteiger partial charge < -0.3 is 0 Å². The Kier molecular flexibility index (Phi) is 7.50. The van der Waals surface area contributed by atoms with Crippen LogP contribution in [0.25, 0.3) is 0 Å². The second-order valence-corrected chi connectivity index (χ2v) is 9.44. The zero-order valence-corrected chi connectivity index (χ0v) is 19.3. The monoisotopic (exact) mass is 518 g/mol. The molecule has 0 N–H and O–H groups in total. The summed E-state index contributed by atoms with van der Waals surface area (Å²) in [5.41, 5.74) is 2.00. The lowest BCUT2D eigenvalue weighted by Gasteiger charge is -2.39. The first-order valence-electron chi connectivity index (χ1n) is 9.95. The van der Waals surface area contributed by atoms with E-state index < -0.39 is 34.0 Å². The summed E-state index contributed by atoms with van der Waals surface area (Å²) in [6.07, 6.45) is 0. The molecule has 1 saturated heterocycles. The number of piperazine rings is 1. The highest BCUT2D eigenvalue weighted by Crippen LogP contribution is 2.36. The van der Waals surface area contributed by atoms with Crippen LogP contribution in [-0.4, -0.2) is 35.4 Å². The summed E-state index contributed by atoms with van der Waals surface area (Å²) < 4.78 is 70.1. The molecule has 3 aromatic rings. The fourth-order valence-electron chi connectivity index (χ4n) is 3.75. The second-order valence-electron chi connectivity index (χ2n) is 7.46. The number of nitrogens with zero attached hydrogens (tertiary/aromatic N) is 2. The number of halogens is 7. The predicted molar refractivity (Wildman–Crippen MR) is 120 cm³/mol. The minimum absolute atomic E-state index is 0.124. The van der Waals surface area contributed by atoms with E-state index in [1.165, 1.54) is 0 Å². The fraction of sp³-hybridized carbons (Fsp3) is 0.217. The van der Waals surface area contributed by atoms with Crippen molar-refractivity contribution in [2.24, 2.45) is 0 Å². The summed E-state index contributed by atoms with van der Waals surface area (Å²) in [5.74, 6) is -9.69. The number of benzene rings is 3. The molecule has 0 radical (unpaired) electrons. The van der Waals surface area contributed by atoms with Crippen molar-refractivity contribution in [3.05, 3.63) is 98.8 Å². The highest BCUT2D eigenvalue weighted by atomic mass is 35.5. The Hall–Kier alpha value is -1.84. The molecule has 33 heavy (non-hydrogen) atoms. The van der Waals surface area contributed by atoms with Crippen molar-refractivity contribution in [2.45, 2.75) is 10.9 Å². The van der Waals surface area contributed by atoms with Crippen molar-refractivity contribution in [2.75, 3.05) is 26.2 Å². The lowest BCUT2D eigenvalue weighted by Crippen LogP contribution is -2.45. The van der Waals surface area contributed by atoms with Crippen LogP contribution in [0.3, 0.4) is 0 Å². The molecule has 1 fully saturated rings. The Labute approximate surface area is 202 Å². The Morgan fingerprint density at radius 1 is 0.606 bits per heavy atom. The maximum atomic E-state index is 14.1. The molecule has 0 atom stereocenters. The molecule has 0 aliphatic carbocycles. The van der Waals surface area contributed by atoms with Crippen LogP contribution < -0.4 is 0 Å². The van der Waals surface area contributed by atoms with E-state index in [9.17, 15) is 22.0 Å². The molecule has 1 heterocycles. The average molecular weight is 519 g/mol. The van der Waals surface area contributed by atoms with Crippen LogP contribution in [0.2, 0.25) is 10.0 Å². The molecule has 0 aromatic heterocycles. The van der Waals surface area contributed by atoms with Gasteiger partial charge in [0.25, 0.3) is 0 Å². The molecule has 0 unspecified atom stereocenters. The highest BCUT2D eigenvalue weighted by Gasteiger charge is 2.31. The van der Waals surface area contributed by atoms with Gasteiger partial charge in [-0.15, -0.1) is 0 Å². The van der Waals surface area contributed by atoms with Gasteiger partial charge in [0.05, 0.1) is 6.04 Å². The van der Waals surface area contributed by atoms with Gasteiger partial charge in [0.15, 0.2) is 23.3 Å². The minimum Gasteiger partial charge on any atom is -0.290 e. The summed E-state index contributed by atoms with van der Waals surface area (Å²) in [6, 6.07) is 14.8. The van der Waals surface area contributed by atoms with E-state index in [2.05, 4.69) is 4.90 Å². The quantitative estimate of drug-likeness (QED) is 0.154. The Morgan fingerprint density at radius 3 is 1.42 bits per heavy atom. The highest BCUT2D eigenvalue weighted by molar-refractivity contribution is 7.97. The molecule has 3 aromatic carbocycles. The first kappa shape index (κ1) is 24.3. The van der Waals surface area contributed by atoms with E-state index >= 15 is 0 Å². The van der Waals surface area contributed by atoms with Crippen molar-refractivity contribution in [3.8, 4) is 0 Å². The Morgan fingerprint density at radius 2 is 1.00 bits per heavy atom. The first-order valence-corrected chi connectivity index (χ1v) is 11.5. The predicted octanol–water partition coefficient (Wildman–Crippen LogP) is 7.10. The Balaban J connectivity index is 1.54. The van der Waals surface area contributed by atoms with Crippen LogP contribution >= 0.6 is 35.1 Å². The van der Waals surface area contributed by atoms with Crippen LogP contribution in [0.5, 0.6) is 0 Å². The van der Waals surface area contributed by atoms with Gasteiger partial charge in [-0.1, -0.05) is 47.5 Å². The van der Waals surface area contributed by atoms with Crippen LogP contribution in [0.4, 0.5) is 22.0 Å². The van der Waals surface area contributed by atoms with E-state index in [1.54, 1.807) is 28.6 Å². The van der Waals surface area contributed by atoms with Gasteiger partial charge in [-0.2, -0.15) is 0 Å².